The highest BCUT2D eigenvalue weighted by molar-refractivity contribution is 5.49. The molecule has 3 atom stereocenters. The van der Waals surface area contributed by atoms with Crippen molar-refractivity contribution < 1.29 is 9.47 Å². The largest absolute Gasteiger partial charge is 0.493 e. The number of piperidine rings is 1. The quantitative estimate of drug-likeness (QED) is 0.919. The predicted octanol–water partition coefficient (Wildman–Crippen LogP) is 2.82. The maximum absolute atomic E-state index is 6.63. The number of nitrogens with two attached hydrogens (primary N) is 1. The molecule has 5 nitrogen and oxygen atoms in total. The van der Waals surface area contributed by atoms with Gasteiger partial charge in [0.2, 0.25) is 0 Å². The number of rotatable bonds is 3. The van der Waals surface area contributed by atoms with Gasteiger partial charge in [-0.3, -0.25) is 9.88 Å². The Bertz CT molecular complexity index is 808. The molecule has 2 N–H and O–H groups in total. The van der Waals surface area contributed by atoms with Gasteiger partial charge in [-0.1, -0.05) is 6.07 Å². The molecule has 0 radical (unpaired) electrons. The minimum atomic E-state index is 0.101. The summed E-state index contributed by atoms with van der Waals surface area (Å²) < 4.78 is 11.0. The molecule has 1 fully saturated rings. The fourth-order valence-electron chi connectivity index (χ4n) is 4.47. The first-order valence-corrected chi connectivity index (χ1v) is 9.28. The fraction of sp³-hybridized carbons (Fsp3) is 0.476. The average molecular weight is 353 g/mol. The molecule has 2 aromatic rings. The van der Waals surface area contributed by atoms with Crippen molar-refractivity contribution in [2.75, 3.05) is 27.3 Å². The molecule has 0 bridgehead atoms. The molecule has 2 aliphatic heterocycles. The molecule has 1 aromatic heterocycles. The van der Waals surface area contributed by atoms with E-state index in [2.05, 4.69) is 29.2 Å². The number of aryl methyl sites for hydroxylation is 1. The maximum atomic E-state index is 6.63. The van der Waals surface area contributed by atoms with Gasteiger partial charge in [0.05, 0.1) is 14.2 Å². The zero-order chi connectivity index (χ0) is 18.3. The van der Waals surface area contributed by atoms with Gasteiger partial charge < -0.3 is 15.2 Å². The highest BCUT2D eigenvalue weighted by atomic mass is 16.5. The van der Waals surface area contributed by atoms with Gasteiger partial charge in [-0.2, -0.15) is 0 Å². The summed E-state index contributed by atoms with van der Waals surface area (Å²) >= 11 is 0. The van der Waals surface area contributed by atoms with Crippen LogP contribution in [-0.2, 0) is 6.42 Å². The number of pyridine rings is 1. The van der Waals surface area contributed by atoms with Crippen molar-refractivity contribution in [3.63, 3.8) is 0 Å². The number of nitrogens with zero attached hydrogens (tertiary/aromatic N) is 2. The number of hydrogen-bond donors (Lipinski definition) is 1. The summed E-state index contributed by atoms with van der Waals surface area (Å²) in [4.78, 5) is 7.30. The van der Waals surface area contributed by atoms with E-state index in [1.807, 2.05) is 13.0 Å². The molecule has 1 saturated heterocycles. The summed E-state index contributed by atoms with van der Waals surface area (Å²) in [6.07, 6.45) is 1.96. The zero-order valence-electron chi connectivity index (χ0n) is 15.7. The molecule has 0 amide bonds. The summed E-state index contributed by atoms with van der Waals surface area (Å²) in [6, 6.07) is 11.0. The Hall–Kier alpha value is -2.11. The van der Waals surface area contributed by atoms with Crippen molar-refractivity contribution in [2.45, 2.75) is 37.8 Å². The first kappa shape index (κ1) is 17.3. The topological polar surface area (TPSA) is 60.6 Å². The van der Waals surface area contributed by atoms with Gasteiger partial charge >= 0.3 is 0 Å². The van der Waals surface area contributed by atoms with Gasteiger partial charge in [-0.05, 0) is 55.2 Å². The van der Waals surface area contributed by atoms with Crippen LogP contribution >= 0.6 is 0 Å². The van der Waals surface area contributed by atoms with Gasteiger partial charge in [0, 0.05) is 42.5 Å². The van der Waals surface area contributed by atoms with E-state index in [-0.39, 0.29) is 12.0 Å². The maximum Gasteiger partial charge on any atom is 0.161 e. The highest BCUT2D eigenvalue weighted by Gasteiger charge is 2.39. The Morgan fingerprint density at radius 3 is 2.65 bits per heavy atom. The van der Waals surface area contributed by atoms with Crippen LogP contribution in [0.2, 0.25) is 0 Å². The predicted molar refractivity (Wildman–Crippen MR) is 102 cm³/mol. The van der Waals surface area contributed by atoms with E-state index < -0.39 is 0 Å². The first-order chi connectivity index (χ1) is 12.6. The number of aromatic nitrogens is 1. The highest BCUT2D eigenvalue weighted by Crippen LogP contribution is 2.43. The molecule has 3 unspecified atom stereocenters. The molecule has 0 aliphatic carbocycles. The molecule has 26 heavy (non-hydrogen) atoms. The number of benzene rings is 1. The third-order valence-electron chi connectivity index (χ3n) is 5.85. The molecular weight excluding hydrogens is 326 g/mol. The normalized spacial score (nSPS) is 25.3. The monoisotopic (exact) mass is 353 g/mol. The molecule has 5 heteroatoms. The van der Waals surface area contributed by atoms with Crippen molar-refractivity contribution in [3.05, 3.63) is 52.8 Å². The summed E-state index contributed by atoms with van der Waals surface area (Å²) in [5, 5.41) is 0. The lowest BCUT2D eigenvalue weighted by atomic mass is 9.79. The summed E-state index contributed by atoms with van der Waals surface area (Å²) in [5.74, 6) is 1.89. The second-order valence-electron chi connectivity index (χ2n) is 7.38. The Morgan fingerprint density at radius 2 is 1.92 bits per heavy atom. The van der Waals surface area contributed by atoms with Gasteiger partial charge in [0.15, 0.2) is 11.5 Å². The van der Waals surface area contributed by atoms with Crippen LogP contribution in [0.3, 0.4) is 0 Å². The molecular formula is C21H27N3O2. The standard InChI is InChI=1S/C21H27N3O2/c1-13-5-4-6-18(23-13)16-12-24-8-7-14-9-20(25-2)21(26-3)10-15(14)19(24)11-17(16)22/h4-6,9-10,16-17,19H,7-8,11-12,22H2,1-3H3. The van der Waals surface area contributed by atoms with Crippen LogP contribution in [0.5, 0.6) is 11.5 Å². The van der Waals surface area contributed by atoms with Crippen LogP contribution in [0.15, 0.2) is 30.3 Å². The first-order valence-electron chi connectivity index (χ1n) is 9.28. The summed E-state index contributed by atoms with van der Waals surface area (Å²) in [7, 11) is 3.38. The van der Waals surface area contributed by atoms with Gasteiger partial charge in [-0.25, -0.2) is 0 Å². The van der Waals surface area contributed by atoms with Crippen molar-refractivity contribution in [2.24, 2.45) is 5.73 Å². The number of ether oxygens (including phenoxy) is 2. The van der Waals surface area contributed by atoms with Crippen molar-refractivity contribution >= 4 is 0 Å². The van der Waals surface area contributed by atoms with E-state index >= 15 is 0 Å². The van der Waals surface area contributed by atoms with Gasteiger partial charge in [-0.15, -0.1) is 0 Å². The van der Waals surface area contributed by atoms with E-state index in [1.165, 1.54) is 11.1 Å². The molecule has 3 heterocycles. The van der Waals surface area contributed by atoms with Gasteiger partial charge in [0.1, 0.15) is 0 Å². The lowest BCUT2D eigenvalue weighted by molar-refractivity contribution is 0.108. The third kappa shape index (κ3) is 2.95. The van der Waals surface area contributed by atoms with Crippen LogP contribution in [-0.4, -0.2) is 43.2 Å². The van der Waals surface area contributed by atoms with Crippen LogP contribution in [0.4, 0.5) is 0 Å². The second-order valence-corrected chi connectivity index (χ2v) is 7.38. The van der Waals surface area contributed by atoms with E-state index in [4.69, 9.17) is 20.2 Å². The smallest absolute Gasteiger partial charge is 0.161 e. The molecule has 0 saturated carbocycles. The van der Waals surface area contributed by atoms with Crippen LogP contribution in [0.1, 0.15) is 40.9 Å². The average Bonchev–Trinajstić information content (AvgIpc) is 2.66. The van der Waals surface area contributed by atoms with Crippen LogP contribution < -0.4 is 15.2 Å². The second kappa shape index (κ2) is 6.89. The van der Waals surface area contributed by atoms with Crippen LogP contribution in [0, 0.1) is 6.92 Å². The number of hydrogen-bond acceptors (Lipinski definition) is 5. The van der Waals surface area contributed by atoms with Gasteiger partial charge in [0.25, 0.3) is 0 Å². The summed E-state index contributed by atoms with van der Waals surface area (Å²) in [5.41, 5.74) is 11.5. The van der Waals surface area contributed by atoms with E-state index in [0.29, 0.717) is 6.04 Å². The minimum absolute atomic E-state index is 0.101. The van der Waals surface area contributed by atoms with Crippen LogP contribution in [0.25, 0.3) is 0 Å². The van der Waals surface area contributed by atoms with E-state index in [9.17, 15) is 0 Å². The zero-order valence-corrected chi connectivity index (χ0v) is 15.7. The Kier molecular flexibility index (Phi) is 4.59. The van der Waals surface area contributed by atoms with E-state index in [1.54, 1.807) is 14.2 Å². The minimum Gasteiger partial charge on any atom is -0.493 e. The van der Waals surface area contributed by atoms with Crippen molar-refractivity contribution in [1.29, 1.82) is 0 Å². The van der Waals surface area contributed by atoms with Crippen molar-refractivity contribution in [3.8, 4) is 11.5 Å². The van der Waals surface area contributed by atoms with Crippen molar-refractivity contribution in [1.82, 2.24) is 9.88 Å². The third-order valence-corrected chi connectivity index (χ3v) is 5.85. The Balaban J connectivity index is 1.64. The molecule has 0 spiro atoms. The molecule has 138 valence electrons. The molecule has 2 aliphatic rings. The Morgan fingerprint density at radius 1 is 1.15 bits per heavy atom. The molecule has 4 rings (SSSR count). The number of methoxy groups -OCH3 is 2. The molecule has 1 aromatic carbocycles. The number of fused-ring (bicyclic) bond motifs is 3. The SMILES string of the molecule is COc1cc2c(cc1OC)C1CC(N)C(c3cccc(C)n3)CN1CC2. The Labute approximate surface area is 155 Å². The fourth-order valence-corrected chi connectivity index (χ4v) is 4.47. The van der Waals surface area contributed by atoms with E-state index in [0.717, 1.165) is 48.8 Å². The lowest BCUT2D eigenvalue weighted by Crippen LogP contribution is -2.50. The lowest BCUT2D eigenvalue weighted by Gasteiger charge is -2.46. The summed E-state index contributed by atoms with van der Waals surface area (Å²) in [6.45, 7) is 4.04.